The number of carboxylic acid groups (broad SMARTS) is 1. The number of halogens is 1. The zero-order valence-electron chi connectivity index (χ0n) is 10.9. The second kappa shape index (κ2) is 4.96. The van der Waals surface area contributed by atoms with Crippen LogP contribution in [0.4, 0.5) is 0 Å². The third-order valence-corrected chi connectivity index (χ3v) is 4.27. The molecule has 0 heterocycles. The minimum Gasteiger partial charge on any atom is -0.480 e. The Morgan fingerprint density at radius 2 is 2.05 bits per heavy atom. The van der Waals surface area contributed by atoms with Gasteiger partial charge in [-0.1, -0.05) is 11.6 Å². The molecule has 1 saturated carbocycles. The Bertz CT molecular complexity index is 539. The molecule has 1 aromatic rings. The summed E-state index contributed by atoms with van der Waals surface area (Å²) in [5, 5.41) is 12.0. The zero-order valence-corrected chi connectivity index (χ0v) is 12.5. The van der Waals surface area contributed by atoms with Gasteiger partial charge in [0.15, 0.2) is 0 Å². The molecule has 0 saturated heterocycles. The van der Waals surface area contributed by atoms with E-state index >= 15 is 0 Å². The van der Waals surface area contributed by atoms with Gasteiger partial charge in [-0.2, -0.15) is 0 Å². The van der Waals surface area contributed by atoms with E-state index < -0.39 is 11.5 Å². The van der Waals surface area contributed by atoms with Gasteiger partial charge < -0.3 is 10.4 Å². The summed E-state index contributed by atoms with van der Waals surface area (Å²) in [7, 11) is 0. The summed E-state index contributed by atoms with van der Waals surface area (Å²) in [6.45, 7) is 3.47. The molecule has 0 aliphatic heterocycles. The summed E-state index contributed by atoms with van der Waals surface area (Å²) in [5.41, 5.74) is 0.241. The van der Waals surface area contributed by atoms with E-state index in [2.05, 4.69) is 21.2 Å². The highest BCUT2D eigenvalue weighted by atomic mass is 79.9. The molecule has 19 heavy (non-hydrogen) atoms. The number of carbonyl (C=O) groups excluding carboxylic acids is 1. The Kier molecular flexibility index (Phi) is 3.67. The summed E-state index contributed by atoms with van der Waals surface area (Å²) in [6, 6.07) is 5.42. The number of carboxylic acids is 1. The number of amides is 1. The smallest absolute Gasteiger partial charge is 0.329 e. The average Bonchev–Trinajstić information content (AvgIpc) is 3.16. The van der Waals surface area contributed by atoms with Gasteiger partial charge in [0.25, 0.3) is 5.91 Å². The molecule has 2 N–H and O–H groups in total. The molecule has 2 rings (SSSR count). The Labute approximate surface area is 120 Å². The van der Waals surface area contributed by atoms with Gasteiger partial charge in [-0.15, -0.1) is 0 Å². The fourth-order valence-electron chi connectivity index (χ4n) is 2.11. The Balaban J connectivity index is 2.25. The zero-order chi connectivity index (χ0) is 14.2. The van der Waals surface area contributed by atoms with Gasteiger partial charge in [0, 0.05) is 4.47 Å². The number of benzene rings is 1. The Morgan fingerprint density at radius 1 is 1.42 bits per heavy atom. The number of rotatable bonds is 4. The number of nitrogens with one attached hydrogen (secondary N) is 1. The van der Waals surface area contributed by atoms with Crippen LogP contribution in [0.3, 0.4) is 0 Å². The van der Waals surface area contributed by atoms with Crippen molar-refractivity contribution in [3.8, 4) is 0 Å². The van der Waals surface area contributed by atoms with E-state index in [4.69, 9.17) is 0 Å². The van der Waals surface area contributed by atoms with Crippen molar-refractivity contribution in [2.24, 2.45) is 5.92 Å². The third-order valence-electron chi connectivity index (χ3n) is 3.58. The van der Waals surface area contributed by atoms with E-state index in [1.54, 1.807) is 19.1 Å². The predicted molar refractivity (Wildman–Crippen MR) is 75.1 cm³/mol. The summed E-state index contributed by atoms with van der Waals surface area (Å²) in [4.78, 5) is 23.7. The molecule has 0 aromatic heterocycles. The molecule has 102 valence electrons. The monoisotopic (exact) mass is 325 g/mol. The fraction of sp³-hybridized carbons (Fsp3) is 0.429. The molecule has 1 aromatic carbocycles. The van der Waals surface area contributed by atoms with Crippen molar-refractivity contribution in [2.75, 3.05) is 0 Å². The van der Waals surface area contributed by atoms with E-state index in [0.29, 0.717) is 10.0 Å². The lowest BCUT2D eigenvalue weighted by molar-refractivity contribution is -0.144. The van der Waals surface area contributed by atoms with E-state index in [9.17, 15) is 14.7 Å². The molecule has 4 nitrogen and oxygen atoms in total. The van der Waals surface area contributed by atoms with Crippen molar-refractivity contribution >= 4 is 27.8 Å². The second-order valence-electron chi connectivity index (χ2n) is 5.22. The summed E-state index contributed by atoms with van der Waals surface area (Å²) in [6.07, 6.45) is 1.69. The molecule has 0 radical (unpaired) electrons. The normalized spacial score (nSPS) is 17.6. The molecule has 0 spiro atoms. The van der Waals surface area contributed by atoms with Crippen LogP contribution in [0.5, 0.6) is 0 Å². The number of aryl methyl sites for hydroxylation is 1. The summed E-state index contributed by atoms with van der Waals surface area (Å²) >= 11 is 3.32. The lowest BCUT2D eigenvalue weighted by atomic mass is 9.95. The van der Waals surface area contributed by atoms with Gasteiger partial charge in [0.05, 0.1) is 5.56 Å². The van der Waals surface area contributed by atoms with E-state index in [0.717, 1.165) is 18.4 Å². The molecule has 1 amide bonds. The maximum atomic E-state index is 12.3. The first-order valence-corrected chi connectivity index (χ1v) is 6.96. The quantitative estimate of drug-likeness (QED) is 0.894. The van der Waals surface area contributed by atoms with E-state index in [-0.39, 0.29) is 11.8 Å². The molecule has 5 heteroatoms. The largest absolute Gasteiger partial charge is 0.480 e. The first-order valence-electron chi connectivity index (χ1n) is 6.16. The van der Waals surface area contributed by atoms with Crippen LogP contribution in [0.25, 0.3) is 0 Å². The number of carbonyl (C=O) groups is 2. The van der Waals surface area contributed by atoms with Crippen molar-refractivity contribution in [1.29, 1.82) is 0 Å². The summed E-state index contributed by atoms with van der Waals surface area (Å²) in [5.74, 6) is -1.31. The molecule has 0 bridgehead atoms. The van der Waals surface area contributed by atoms with Crippen LogP contribution in [-0.2, 0) is 4.79 Å². The highest BCUT2D eigenvalue weighted by Crippen LogP contribution is 2.40. The van der Waals surface area contributed by atoms with Crippen LogP contribution in [0.1, 0.15) is 35.7 Å². The first kappa shape index (κ1) is 14.1. The van der Waals surface area contributed by atoms with Crippen LogP contribution in [0, 0.1) is 12.8 Å². The third kappa shape index (κ3) is 2.81. The minimum atomic E-state index is -1.18. The minimum absolute atomic E-state index is 0.0255. The molecule has 1 atom stereocenters. The van der Waals surface area contributed by atoms with Crippen molar-refractivity contribution < 1.29 is 14.7 Å². The standard InChI is InChI=1S/C14H16BrNO3/c1-8-3-6-11(15)10(7-8)12(17)16-14(2,13(18)19)9-4-5-9/h3,6-7,9H,4-5H2,1-2H3,(H,16,17)(H,18,19). The molecular formula is C14H16BrNO3. The van der Waals surface area contributed by atoms with Gasteiger partial charge in [-0.05, 0) is 60.7 Å². The Hall–Kier alpha value is -1.36. The first-order chi connectivity index (χ1) is 8.84. The maximum absolute atomic E-state index is 12.3. The van der Waals surface area contributed by atoms with Crippen LogP contribution in [-0.4, -0.2) is 22.5 Å². The lowest BCUT2D eigenvalue weighted by Gasteiger charge is -2.26. The molecule has 1 aliphatic rings. The number of hydrogen-bond donors (Lipinski definition) is 2. The van der Waals surface area contributed by atoms with Gasteiger partial charge in [0.2, 0.25) is 0 Å². The average molecular weight is 326 g/mol. The fourth-order valence-corrected chi connectivity index (χ4v) is 2.53. The second-order valence-corrected chi connectivity index (χ2v) is 6.07. The van der Waals surface area contributed by atoms with E-state index in [1.807, 2.05) is 13.0 Å². The molecular weight excluding hydrogens is 310 g/mol. The van der Waals surface area contributed by atoms with Crippen molar-refractivity contribution in [3.05, 3.63) is 33.8 Å². The van der Waals surface area contributed by atoms with E-state index in [1.165, 1.54) is 0 Å². The van der Waals surface area contributed by atoms with Crippen molar-refractivity contribution in [1.82, 2.24) is 5.32 Å². The number of hydrogen-bond acceptors (Lipinski definition) is 2. The number of aliphatic carboxylic acids is 1. The Morgan fingerprint density at radius 3 is 2.58 bits per heavy atom. The molecule has 1 aliphatic carbocycles. The van der Waals surface area contributed by atoms with Gasteiger partial charge in [0.1, 0.15) is 5.54 Å². The van der Waals surface area contributed by atoms with Crippen LogP contribution in [0.15, 0.2) is 22.7 Å². The van der Waals surface area contributed by atoms with Gasteiger partial charge in [-0.3, -0.25) is 4.79 Å². The highest BCUT2D eigenvalue weighted by molar-refractivity contribution is 9.10. The summed E-state index contributed by atoms with van der Waals surface area (Å²) < 4.78 is 0.666. The highest BCUT2D eigenvalue weighted by Gasteiger charge is 2.48. The van der Waals surface area contributed by atoms with Crippen molar-refractivity contribution in [3.63, 3.8) is 0 Å². The van der Waals surface area contributed by atoms with Crippen LogP contribution >= 0.6 is 15.9 Å². The lowest BCUT2D eigenvalue weighted by Crippen LogP contribution is -2.54. The topological polar surface area (TPSA) is 66.4 Å². The van der Waals surface area contributed by atoms with Crippen LogP contribution < -0.4 is 5.32 Å². The van der Waals surface area contributed by atoms with Gasteiger partial charge >= 0.3 is 5.97 Å². The SMILES string of the molecule is Cc1ccc(Br)c(C(=O)NC(C)(C(=O)O)C2CC2)c1. The van der Waals surface area contributed by atoms with Crippen LogP contribution in [0.2, 0.25) is 0 Å². The predicted octanol–water partition coefficient (Wildman–Crippen LogP) is 2.74. The maximum Gasteiger partial charge on any atom is 0.329 e. The van der Waals surface area contributed by atoms with Crippen molar-refractivity contribution in [2.45, 2.75) is 32.2 Å². The van der Waals surface area contributed by atoms with Gasteiger partial charge in [-0.25, -0.2) is 4.79 Å². The molecule has 1 fully saturated rings. The molecule has 1 unspecified atom stereocenters.